The number of nitrogens with one attached hydrogen (secondary N) is 2. The van der Waals surface area contributed by atoms with Gasteiger partial charge in [0.15, 0.2) is 0 Å². The molecule has 1 heterocycles. The molecule has 2 rings (SSSR count). The number of hydrogen-bond donors (Lipinski definition) is 2. The van der Waals surface area contributed by atoms with Crippen molar-refractivity contribution in [3.63, 3.8) is 0 Å². The Kier molecular flexibility index (Phi) is 6.37. The fourth-order valence-corrected chi connectivity index (χ4v) is 3.53. The van der Waals surface area contributed by atoms with Gasteiger partial charge in [0, 0.05) is 17.9 Å². The molecule has 138 valence electrons. The Balaban J connectivity index is 1.93. The molecule has 0 aliphatic carbocycles. The van der Waals surface area contributed by atoms with E-state index in [2.05, 4.69) is 24.5 Å². The third-order valence-corrected chi connectivity index (χ3v) is 5.05. The highest BCUT2D eigenvalue weighted by molar-refractivity contribution is 8.01. The lowest BCUT2D eigenvalue weighted by atomic mass is 10.1. The number of thioether (sulfide) groups is 1. The molecule has 0 saturated heterocycles. The maximum atomic E-state index is 12.7. The lowest BCUT2D eigenvalue weighted by Gasteiger charge is -2.24. The summed E-state index contributed by atoms with van der Waals surface area (Å²) in [4.78, 5) is 24.6. The summed E-state index contributed by atoms with van der Waals surface area (Å²) >= 11 is 1.12. The quantitative estimate of drug-likeness (QED) is 0.739. The Morgan fingerprint density at radius 3 is 2.72 bits per heavy atom. The van der Waals surface area contributed by atoms with Crippen LogP contribution >= 0.6 is 11.8 Å². The minimum atomic E-state index is -4.46. The van der Waals surface area contributed by atoms with Crippen LogP contribution in [0.15, 0.2) is 23.1 Å². The number of anilines is 1. The van der Waals surface area contributed by atoms with Crippen LogP contribution in [-0.2, 0) is 15.8 Å². The first-order chi connectivity index (χ1) is 11.7. The van der Waals surface area contributed by atoms with Crippen molar-refractivity contribution in [3.8, 4) is 0 Å². The third-order valence-electron chi connectivity index (χ3n) is 3.78. The number of carbonyl (C=O) groups is 2. The van der Waals surface area contributed by atoms with E-state index < -0.39 is 22.9 Å². The number of fused-ring (bicyclic) bond motifs is 1. The first-order valence-electron chi connectivity index (χ1n) is 8.12. The van der Waals surface area contributed by atoms with E-state index in [1.807, 2.05) is 0 Å². The summed E-state index contributed by atoms with van der Waals surface area (Å²) in [6.07, 6.45) is -2.58. The third kappa shape index (κ3) is 5.66. The van der Waals surface area contributed by atoms with E-state index in [9.17, 15) is 22.8 Å². The second-order valence-corrected chi connectivity index (χ2v) is 7.64. The molecule has 25 heavy (non-hydrogen) atoms. The number of benzene rings is 1. The van der Waals surface area contributed by atoms with Gasteiger partial charge in [-0.05, 0) is 37.0 Å². The maximum Gasteiger partial charge on any atom is 0.416 e. The maximum absolute atomic E-state index is 12.7. The van der Waals surface area contributed by atoms with Crippen LogP contribution in [0.3, 0.4) is 0 Å². The van der Waals surface area contributed by atoms with Crippen LogP contribution in [-0.4, -0.2) is 23.6 Å². The fourth-order valence-electron chi connectivity index (χ4n) is 2.44. The topological polar surface area (TPSA) is 58.2 Å². The van der Waals surface area contributed by atoms with E-state index in [1.165, 1.54) is 6.07 Å². The molecule has 0 spiro atoms. The van der Waals surface area contributed by atoms with Crippen molar-refractivity contribution < 1.29 is 22.8 Å². The van der Waals surface area contributed by atoms with Crippen molar-refractivity contribution in [2.75, 3.05) is 11.9 Å². The highest BCUT2D eigenvalue weighted by atomic mass is 32.2. The number of halogens is 3. The van der Waals surface area contributed by atoms with E-state index in [4.69, 9.17) is 0 Å². The van der Waals surface area contributed by atoms with Gasteiger partial charge in [0.25, 0.3) is 0 Å². The van der Waals surface area contributed by atoms with Crippen LogP contribution in [0.5, 0.6) is 0 Å². The molecule has 1 aromatic carbocycles. The summed E-state index contributed by atoms with van der Waals surface area (Å²) in [6, 6.07) is 3.23. The highest BCUT2D eigenvalue weighted by Gasteiger charge is 2.34. The van der Waals surface area contributed by atoms with Crippen LogP contribution in [0.1, 0.15) is 38.7 Å². The van der Waals surface area contributed by atoms with Gasteiger partial charge in [0.05, 0.1) is 16.5 Å². The van der Waals surface area contributed by atoms with Crippen LogP contribution in [0, 0.1) is 5.92 Å². The second kappa shape index (κ2) is 8.12. The second-order valence-electron chi connectivity index (χ2n) is 6.39. The summed E-state index contributed by atoms with van der Waals surface area (Å²) in [5, 5.41) is 4.60. The summed E-state index contributed by atoms with van der Waals surface area (Å²) in [5.74, 6) is -0.115. The van der Waals surface area contributed by atoms with E-state index in [-0.39, 0.29) is 18.0 Å². The molecule has 8 heteroatoms. The number of carbonyl (C=O) groups excluding carboxylic acids is 2. The molecule has 4 nitrogen and oxygen atoms in total. The normalized spacial score (nSPS) is 17.2. The Morgan fingerprint density at radius 1 is 1.36 bits per heavy atom. The van der Waals surface area contributed by atoms with Crippen molar-refractivity contribution >= 4 is 29.3 Å². The molecule has 2 N–H and O–H groups in total. The zero-order chi connectivity index (χ0) is 18.6. The van der Waals surface area contributed by atoms with Crippen molar-refractivity contribution in [2.24, 2.45) is 5.92 Å². The Morgan fingerprint density at radius 2 is 2.08 bits per heavy atom. The molecule has 1 aliphatic heterocycles. The molecule has 1 aromatic rings. The lowest BCUT2D eigenvalue weighted by Crippen LogP contribution is -2.35. The summed E-state index contributed by atoms with van der Waals surface area (Å²) in [6.45, 7) is 4.76. The van der Waals surface area contributed by atoms with Gasteiger partial charge in [-0.25, -0.2) is 0 Å². The van der Waals surface area contributed by atoms with Gasteiger partial charge in [0.2, 0.25) is 11.8 Å². The van der Waals surface area contributed by atoms with Gasteiger partial charge < -0.3 is 10.6 Å². The Bertz CT molecular complexity index is 647. The molecular formula is C17H21F3N2O2S. The zero-order valence-electron chi connectivity index (χ0n) is 14.1. The predicted octanol–water partition coefficient (Wildman–Crippen LogP) is 4.06. The van der Waals surface area contributed by atoms with Gasteiger partial charge in [-0.15, -0.1) is 11.8 Å². The first kappa shape index (κ1) is 19.6. The fraction of sp³-hybridized carbons (Fsp3) is 0.529. The van der Waals surface area contributed by atoms with Crippen molar-refractivity contribution in [1.29, 1.82) is 0 Å². The van der Waals surface area contributed by atoms with E-state index in [0.717, 1.165) is 36.7 Å². The SMILES string of the molecule is CC(C)CCCNC(=O)C[C@H]1Sc2ccc(C(F)(F)F)cc2NC1=O. The van der Waals surface area contributed by atoms with E-state index >= 15 is 0 Å². The molecule has 0 radical (unpaired) electrons. The van der Waals surface area contributed by atoms with Gasteiger partial charge in [-0.2, -0.15) is 13.2 Å². The molecule has 0 fully saturated rings. The molecule has 2 amide bonds. The predicted molar refractivity (Wildman–Crippen MR) is 91.4 cm³/mol. The molecular weight excluding hydrogens is 353 g/mol. The van der Waals surface area contributed by atoms with Gasteiger partial charge >= 0.3 is 6.18 Å². The molecule has 1 atom stereocenters. The summed E-state index contributed by atoms with van der Waals surface area (Å²) in [5.41, 5.74) is -0.674. The molecule has 0 bridgehead atoms. The molecule has 0 unspecified atom stereocenters. The van der Waals surface area contributed by atoms with Gasteiger partial charge in [-0.3, -0.25) is 9.59 Å². The Labute approximate surface area is 148 Å². The number of hydrogen-bond acceptors (Lipinski definition) is 3. The summed E-state index contributed by atoms with van der Waals surface area (Å²) in [7, 11) is 0. The van der Waals surface area contributed by atoms with Crippen molar-refractivity contribution in [1.82, 2.24) is 5.32 Å². The van der Waals surface area contributed by atoms with Gasteiger partial charge in [-0.1, -0.05) is 13.8 Å². The smallest absolute Gasteiger partial charge is 0.356 e. The van der Waals surface area contributed by atoms with E-state index in [0.29, 0.717) is 17.4 Å². The van der Waals surface area contributed by atoms with Crippen LogP contribution in [0.4, 0.5) is 18.9 Å². The Hall–Kier alpha value is -1.70. The average molecular weight is 374 g/mol. The highest BCUT2D eigenvalue weighted by Crippen LogP contribution is 2.40. The lowest BCUT2D eigenvalue weighted by molar-refractivity contribution is -0.137. The van der Waals surface area contributed by atoms with Gasteiger partial charge in [0.1, 0.15) is 0 Å². The molecule has 0 saturated carbocycles. The molecule has 0 aromatic heterocycles. The monoisotopic (exact) mass is 374 g/mol. The van der Waals surface area contributed by atoms with Crippen LogP contribution < -0.4 is 10.6 Å². The van der Waals surface area contributed by atoms with E-state index in [1.54, 1.807) is 0 Å². The van der Waals surface area contributed by atoms with Crippen LogP contribution in [0.25, 0.3) is 0 Å². The number of amides is 2. The standard InChI is InChI=1S/C17H21F3N2O2S/c1-10(2)4-3-7-21-15(23)9-14-16(24)22-12-8-11(17(18,19)20)5-6-13(12)25-14/h5-6,8,10,14H,3-4,7,9H2,1-2H3,(H,21,23)(H,22,24)/t14-/m1/s1. The number of rotatable bonds is 6. The molecule has 1 aliphatic rings. The largest absolute Gasteiger partial charge is 0.416 e. The summed E-state index contributed by atoms with van der Waals surface area (Å²) < 4.78 is 38.2. The van der Waals surface area contributed by atoms with Crippen molar-refractivity contribution in [3.05, 3.63) is 23.8 Å². The number of alkyl halides is 3. The van der Waals surface area contributed by atoms with Crippen molar-refractivity contribution in [2.45, 2.75) is 49.4 Å². The average Bonchev–Trinajstić information content (AvgIpc) is 2.50. The minimum absolute atomic E-state index is 0.00135. The van der Waals surface area contributed by atoms with Crippen LogP contribution in [0.2, 0.25) is 0 Å². The minimum Gasteiger partial charge on any atom is -0.356 e. The zero-order valence-corrected chi connectivity index (χ0v) is 14.9. The first-order valence-corrected chi connectivity index (χ1v) is 9.00.